The van der Waals surface area contributed by atoms with Gasteiger partial charge in [0.2, 0.25) is 5.91 Å². The number of hydrogen-bond acceptors (Lipinski definition) is 13. The number of aliphatic hydroxyl groups is 8. The molecule has 12 unspecified atom stereocenters. The number of amides is 1. The van der Waals surface area contributed by atoms with E-state index in [1.54, 1.807) is 6.08 Å². The maximum absolute atomic E-state index is 13.3. The second kappa shape index (κ2) is 54.1. The highest BCUT2D eigenvalue weighted by Crippen LogP contribution is 2.30. The number of carbonyl (C=O) groups is 1. The van der Waals surface area contributed by atoms with Gasteiger partial charge in [0.25, 0.3) is 0 Å². The van der Waals surface area contributed by atoms with Crippen molar-refractivity contribution in [2.24, 2.45) is 0 Å². The third-order valence-electron chi connectivity index (χ3n) is 14.7. The van der Waals surface area contributed by atoms with Gasteiger partial charge in [-0.05, 0) is 116 Å². The van der Waals surface area contributed by atoms with Crippen LogP contribution in [-0.2, 0) is 23.7 Å². The smallest absolute Gasteiger partial charge is 0.220 e. The number of unbranched alkanes of at least 4 members (excludes halogenated alkanes) is 15. The van der Waals surface area contributed by atoms with Crippen LogP contribution in [0.25, 0.3) is 0 Å². The number of rotatable bonds is 50. The average molecular weight is 1190 g/mol. The zero-order valence-corrected chi connectivity index (χ0v) is 52.0. The largest absolute Gasteiger partial charge is 0.394 e. The van der Waals surface area contributed by atoms with E-state index in [0.29, 0.717) is 12.8 Å². The Morgan fingerprint density at radius 3 is 1.29 bits per heavy atom. The van der Waals surface area contributed by atoms with Gasteiger partial charge in [0, 0.05) is 6.42 Å². The van der Waals surface area contributed by atoms with Crippen molar-refractivity contribution in [1.82, 2.24) is 5.32 Å². The predicted octanol–water partition coefficient (Wildman–Crippen LogP) is 12.5. The van der Waals surface area contributed by atoms with E-state index >= 15 is 0 Å². The number of hydrogen-bond donors (Lipinski definition) is 9. The first-order valence-electron chi connectivity index (χ1n) is 32.6. The zero-order chi connectivity index (χ0) is 61.6. The van der Waals surface area contributed by atoms with Crippen LogP contribution in [-0.4, -0.2) is 140 Å². The summed E-state index contributed by atoms with van der Waals surface area (Å²) in [6.07, 6.45) is 64.6. The van der Waals surface area contributed by atoms with Crippen molar-refractivity contribution in [2.45, 2.75) is 274 Å². The van der Waals surface area contributed by atoms with Crippen molar-refractivity contribution in [1.29, 1.82) is 0 Å². The number of aliphatic hydroxyl groups excluding tert-OH is 8. The Balaban J connectivity index is 1.70. The van der Waals surface area contributed by atoms with Gasteiger partial charge in [0.1, 0.15) is 48.8 Å². The molecule has 2 aliphatic heterocycles. The second-order valence-corrected chi connectivity index (χ2v) is 22.1. The van der Waals surface area contributed by atoms with Crippen LogP contribution in [0.1, 0.15) is 200 Å². The molecule has 0 bridgehead atoms. The second-order valence-electron chi connectivity index (χ2n) is 22.1. The maximum atomic E-state index is 13.3. The highest BCUT2D eigenvalue weighted by Gasteiger charge is 2.51. The van der Waals surface area contributed by atoms with E-state index in [0.717, 1.165) is 128 Å². The molecule has 0 aliphatic carbocycles. The summed E-state index contributed by atoms with van der Waals surface area (Å²) in [5.41, 5.74) is 0. The fourth-order valence-corrected chi connectivity index (χ4v) is 9.55. The summed E-state index contributed by atoms with van der Waals surface area (Å²) in [6.45, 7) is 2.62. The van der Waals surface area contributed by atoms with E-state index in [4.69, 9.17) is 18.9 Å². The van der Waals surface area contributed by atoms with Gasteiger partial charge in [-0.1, -0.05) is 224 Å². The number of ether oxygens (including phenoxy) is 4. The molecule has 2 saturated heterocycles. The number of nitrogens with one attached hydrogen (secondary N) is 1. The van der Waals surface area contributed by atoms with Crippen molar-refractivity contribution < 1.29 is 64.6 Å². The molecular formula is C71H115NO13. The summed E-state index contributed by atoms with van der Waals surface area (Å²) in [4.78, 5) is 13.3. The minimum Gasteiger partial charge on any atom is -0.394 e. The van der Waals surface area contributed by atoms with Gasteiger partial charge in [-0.15, -0.1) is 0 Å². The Morgan fingerprint density at radius 2 is 0.824 bits per heavy atom. The van der Waals surface area contributed by atoms with Crippen LogP contribution in [0.15, 0.2) is 146 Å². The number of allylic oxidation sites excluding steroid dienone is 23. The molecule has 2 fully saturated rings. The molecule has 1 amide bonds. The summed E-state index contributed by atoms with van der Waals surface area (Å²) >= 11 is 0. The van der Waals surface area contributed by atoms with E-state index in [-0.39, 0.29) is 18.9 Å². The van der Waals surface area contributed by atoms with Gasteiger partial charge in [-0.25, -0.2) is 0 Å². The van der Waals surface area contributed by atoms with E-state index in [1.807, 2.05) is 6.08 Å². The molecule has 14 heteroatoms. The zero-order valence-electron chi connectivity index (χ0n) is 52.0. The van der Waals surface area contributed by atoms with Crippen molar-refractivity contribution in [3.05, 3.63) is 146 Å². The first kappa shape index (κ1) is 77.0. The van der Waals surface area contributed by atoms with Crippen LogP contribution < -0.4 is 5.32 Å². The van der Waals surface area contributed by atoms with Gasteiger partial charge >= 0.3 is 0 Å². The van der Waals surface area contributed by atoms with E-state index in [9.17, 15) is 45.6 Å². The Labute approximate surface area is 513 Å². The quantitative estimate of drug-likeness (QED) is 0.0204. The highest BCUT2D eigenvalue weighted by atomic mass is 16.7. The molecule has 0 aromatic rings. The van der Waals surface area contributed by atoms with Crippen LogP contribution in [0, 0.1) is 0 Å². The van der Waals surface area contributed by atoms with Gasteiger partial charge < -0.3 is 65.1 Å². The molecule has 2 aliphatic rings. The normalized spacial score (nSPS) is 24.5. The van der Waals surface area contributed by atoms with Gasteiger partial charge in [0.05, 0.1) is 32.0 Å². The summed E-state index contributed by atoms with van der Waals surface area (Å²) < 4.78 is 22.8. The Kier molecular flexibility index (Phi) is 48.9. The minimum atomic E-state index is -1.80. The van der Waals surface area contributed by atoms with E-state index in [2.05, 4.69) is 153 Å². The van der Waals surface area contributed by atoms with Crippen molar-refractivity contribution >= 4 is 5.91 Å². The fourth-order valence-electron chi connectivity index (χ4n) is 9.55. The summed E-state index contributed by atoms with van der Waals surface area (Å²) in [5.74, 6) is -0.272. The van der Waals surface area contributed by atoms with Gasteiger partial charge in [0.15, 0.2) is 12.6 Å². The lowest BCUT2D eigenvalue weighted by molar-refractivity contribution is -0.359. The molecule has 0 spiro atoms. The van der Waals surface area contributed by atoms with Gasteiger partial charge in [-0.3, -0.25) is 4.79 Å². The standard InChI is InChI=1S/C71H115NO13/c1-3-5-7-9-11-13-15-17-19-21-22-23-24-25-26-27-28-29-30-31-32-33-34-35-36-37-38-39-41-43-45-47-49-51-53-55-63(76)72-59(60(75)54-52-50-48-46-44-42-40-20-18-16-14-12-10-8-6-4-2)58-82-70-68(81)66(79)69(62(57-74)84-70)85-71-67(80)65(78)64(77)61(56-73)83-71/h5,7,11,13,17-20,22-23,25-26,28-29,31-32,34-35,37-38,44,46,52,54,59-62,64-71,73-75,77-81H,3-4,6,8-10,12,14-16,21,24,27,30,33,36,39-43,45,47-51,53,55-58H2,1-2H3,(H,72,76)/b7-5-,13-11-,19-17-,20-18+,23-22-,26-25-,29-28-,32-31-,35-34-,38-37-,46-44+,54-52+. The SMILES string of the molecule is CC/C=C\C/C=C\C/C=C\C/C=C\C/C=C\C/C=C\C/C=C\C/C=C\C/C=C\CCCCCCCCCC(=O)NC(COC1OC(CO)C(OC2OC(CO)C(O)C(O)C2O)C(O)C1O)C(O)/C=C/CC/C=C/CC/C=C/CCCCCCCC. The van der Waals surface area contributed by atoms with Crippen LogP contribution in [0.5, 0.6) is 0 Å². The van der Waals surface area contributed by atoms with Crippen molar-refractivity contribution in [2.75, 3.05) is 19.8 Å². The van der Waals surface area contributed by atoms with Crippen LogP contribution >= 0.6 is 0 Å². The first-order valence-corrected chi connectivity index (χ1v) is 32.6. The topological polar surface area (TPSA) is 228 Å². The molecule has 0 aromatic heterocycles. The number of carbonyl (C=O) groups excluding carboxylic acids is 1. The van der Waals surface area contributed by atoms with E-state index < -0.39 is 86.8 Å². The molecule has 12 atom stereocenters. The van der Waals surface area contributed by atoms with Crippen LogP contribution in [0.3, 0.4) is 0 Å². The first-order chi connectivity index (χ1) is 41.6. The van der Waals surface area contributed by atoms with Crippen molar-refractivity contribution in [3.63, 3.8) is 0 Å². The lowest BCUT2D eigenvalue weighted by atomic mass is 9.97. The predicted molar refractivity (Wildman–Crippen MR) is 345 cm³/mol. The van der Waals surface area contributed by atoms with Crippen molar-refractivity contribution in [3.8, 4) is 0 Å². The molecule has 482 valence electrons. The summed E-state index contributed by atoms with van der Waals surface area (Å²) in [7, 11) is 0. The Hall–Kier alpha value is -4.13. The Morgan fingerprint density at radius 1 is 0.435 bits per heavy atom. The Bertz CT molecular complexity index is 1980. The maximum Gasteiger partial charge on any atom is 0.220 e. The molecule has 85 heavy (non-hydrogen) atoms. The van der Waals surface area contributed by atoms with Crippen LogP contribution in [0.2, 0.25) is 0 Å². The molecule has 2 heterocycles. The lowest BCUT2D eigenvalue weighted by Gasteiger charge is -2.46. The molecule has 0 aromatic carbocycles. The monoisotopic (exact) mass is 1190 g/mol. The summed E-state index contributed by atoms with van der Waals surface area (Å²) in [5, 5.41) is 87.2. The molecule has 14 nitrogen and oxygen atoms in total. The van der Waals surface area contributed by atoms with Crippen LogP contribution in [0.4, 0.5) is 0 Å². The lowest BCUT2D eigenvalue weighted by Crippen LogP contribution is -2.65. The van der Waals surface area contributed by atoms with E-state index in [1.165, 1.54) is 38.5 Å². The molecule has 9 N–H and O–H groups in total. The third-order valence-corrected chi connectivity index (χ3v) is 14.7. The van der Waals surface area contributed by atoms with Gasteiger partial charge in [-0.2, -0.15) is 0 Å². The molecular weight excluding hydrogens is 1070 g/mol. The average Bonchev–Trinajstić information content (AvgIpc) is 3.70. The third kappa shape index (κ3) is 38.7. The minimum absolute atomic E-state index is 0.247. The molecule has 0 radical (unpaired) electrons. The fraction of sp³-hybridized carbons (Fsp3) is 0.648. The molecule has 0 saturated carbocycles. The summed E-state index contributed by atoms with van der Waals surface area (Å²) in [6, 6.07) is -0.955. The molecule has 2 rings (SSSR count). The highest BCUT2D eigenvalue weighted by molar-refractivity contribution is 5.76.